The highest BCUT2D eigenvalue weighted by Gasteiger charge is 2.29. The maximum Gasteiger partial charge on any atom is 0.412 e. The van der Waals surface area contributed by atoms with Gasteiger partial charge in [0.1, 0.15) is 11.9 Å². The number of aromatic hydroxyl groups is 1. The standard InChI is InChI=1S/C20H20Br2N2O6/c1-2-29-17(9-10-18(26)24-28)19(15-11-13(22)5-8-16(15)25)30-20(27)23-14-6-3-12(21)4-7-14/h3-11,17,19,25,28H,2H2,1H3,(H,23,27)(H,24,26)/b10-9+/t17-,19-/m1/s1. The summed E-state index contributed by atoms with van der Waals surface area (Å²) in [6, 6.07) is 11.5. The van der Waals surface area contributed by atoms with E-state index in [0.717, 1.165) is 10.5 Å². The average Bonchev–Trinajstić information content (AvgIpc) is 2.73. The van der Waals surface area contributed by atoms with E-state index in [9.17, 15) is 14.7 Å². The zero-order valence-corrected chi connectivity index (χ0v) is 19.0. The number of hydrogen-bond donors (Lipinski definition) is 4. The van der Waals surface area contributed by atoms with Crippen molar-refractivity contribution < 1.29 is 29.4 Å². The van der Waals surface area contributed by atoms with Crippen LogP contribution in [0.2, 0.25) is 0 Å². The van der Waals surface area contributed by atoms with Gasteiger partial charge in [0.15, 0.2) is 6.10 Å². The lowest BCUT2D eigenvalue weighted by molar-refractivity contribution is -0.124. The van der Waals surface area contributed by atoms with Crippen LogP contribution in [0.15, 0.2) is 63.6 Å². The molecule has 30 heavy (non-hydrogen) atoms. The SMILES string of the molecule is CCO[C@H](/C=C/C(=O)NO)[C@H](OC(=O)Nc1ccc(Br)cc1)c1cc(Br)ccc1O. The Morgan fingerprint density at radius 1 is 1.13 bits per heavy atom. The molecule has 2 aromatic carbocycles. The van der Waals surface area contributed by atoms with Crippen molar-refractivity contribution in [3.05, 3.63) is 69.1 Å². The lowest BCUT2D eigenvalue weighted by Gasteiger charge is -2.26. The van der Waals surface area contributed by atoms with E-state index in [-0.39, 0.29) is 17.9 Å². The van der Waals surface area contributed by atoms with Gasteiger partial charge in [-0.15, -0.1) is 0 Å². The number of phenolic OH excluding ortho intramolecular Hbond substituents is 1. The van der Waals surface area contributed by atoms with Crippen LogP contribution in [0, 0.1) is 0 Å². The Morgan fingerprint density at radius 2 is 1.80 bits per heavy atom. The summed E-state index contributed by atoms with van der Waals surface area (Å²) in [5.74, 6) is -0.902. The number of ether oxygens (including phenoxy) is 2. The molecular formula is C20H20Br2N2O6. The number of hydroxylamine groups is 1. The van der Waals surface area contributed by atoms with Crippen molar-refractivity contribution in [3.8, 4) is 5.75 Å². The van der Waals surface area contributed by atoms with Gasteiger partial charge in [0.25, 0.3) is 5.91 Å². The summed E-state index contributed by atoms with van der Waals surface area (Å²) in [6.07, 6.45) is -0.444. The molecule has 10 heteroatoms. The van der Waals surface area contributed by atoms with Crippen LogP contribution in [0.5, 0.6) is 5.75 Å². The van der Waals surface area contributed by atoms with Crippen molar-refractivity contribution >= 4 is 49.5 Å². The van der Waals surface area contributed by atoms with Crippen molar-refractivity contribution in [3.63, 3.8) is 0 Å². The van der Waals surface area contributed by atoms with E-state index in [0.29, 0.717) is 10.2 Å². The van der Waals surface area contributed by atoms with E-state index in [1.54, 1.807) is 43.3 Å². The van der Waals surface area contributed by atoms with Gasteiger partial charge in [-0.1, -0.05) is 31.9 Å². The van der Waals surface area contributed by atoms with E-state index in [1.807, 2.05) is 0 Å². The molecule has 0 unspecified atom stereocenters. The number of carbonyl (C=O) groups excluding carboxylic acids is 2. The zero-order chi connectivity index (χ0) is 22.1. The van der Waals surface area contributed by atoms with Crippen molar-refractivity contribution in [2.75, 3.05) is 11.9 Å². The van der Waals surface area contributed by atoms with Crippen LogP contribution < -0.4 is 10.8 Å². The molecule has 0 spiro atoms. The highest BCUT2D eigenvalue weighted by Crippen LogP contribution is 2.34. The Hall–Kier alpha value is -2.40. The summed E-state index contributed by atoms with van der Waals surface area (Å²) in [5, 5.41) is 21.7. The molecule has 0 bridgehead atoms. The molecule has 2 atom stereocenters. The van der Waals surface area contributed by atoms with Gasteiger partial charge in [0.05, 0.1) is 0 Å². The van der Waals surface area contributed by atoms with E-state index < -0.39 is 24.2 Å². The third-order valence-corrected chi connectivity index (χ3v) is 4.85. The first-order valence-electron chi connectivity index (χ1n) is 8.79. The molecule has 0 saturated heterocycles. The molecule has 160 valence electrons. The molecule has 0 aliphatic heterocycles. The van der Waals surface area contributed by atoms with Crippen LogP contribution >= 0.6 is 31.9 Å². The minimum absolute atomic E-state index is 0.121. The Kier molecular flexibility index (Phi) is 9.31. The predicted molar refractivity (Wildman–Crippen MR) is 117 cm³/mol. The van der Waals surface area contributed by atoms with Crippen molar-refractivity contribution in [2.45, 2.75) is 19.1 Å². The number of benzene rings is 2. The Labute approximate surface area is 190 Å². The van der Waals surface area contributed by atoms with E-state index in [2.05, 4.69) is 37.2 Å². The fourth-order valence-corrected chi connectivity index (χ4v) is 3.16. The number of hydrogen-bond acceptors (Lipinski definition) is 6. The second kappa shape index (κ2) is 11.7. The summed E-state index contributed by atoms with van der Waals surface area (Å²) >= 11 is 6.64. The fourth-order valence-electron chi connectivity index (χ4n) is 2.51. The average molecular weight is 544 g/mol. The van der Waals surface area contributed by atoms with Crippen LogP contribution in [0.4, 0.5) is 10.5 Å². The number of nitrogens with one attached hydrogen (secondary N) is 2. The number of amides is 2. The highest BCUT2D eigenvalue weighted by atomic mass is 79.9. The lowest BCUT2D eigenvalue weighted by Crippen LogP contribution is -2.28. The molecule has 0 radical (unpaired) electrons. The second-order valence-corrected chi connectivity index (χ2v) is 7.75. The topological polar surface area (TPSA) is 117 Å². The number of rotatable bonds is 8. The maximum absolute atomic E-state index is 12.5. The van der Waals surface area contributed by atoms with E-state index in [4.69, 9.17) is 14.7 Å². The van der Waals surface area contributed by atoms with Gasteiger partial charge in [-0.05, 0) is 55.5 Å². The van der Waals surface area contributed by atoms with Crippen LogP contribution in [0.1, 0.15) is 18.6 Å². The lowest BCUT2D eigenvalue weighted by atomic mass is 10.0. The van der Waals surface area contributed by atoms with Crippen molar-refractivity contribution in [1.82, 2.24) is 5.48 Å². The molecule has 2 amide bonds. The van der Waals surface area contributed by atoms with Gasteiger partial charge in [-0.25, -0.2) is 10.3 Å². The normalized spacial score (nSPS) is 12.9. The molecule has 4 N–H and O–H groups in total. The van der Waals surface area contributed by atoms with Gasteiger partial charge in [-0.3, -0.25) is 15.3 Å². The molecule has 0 fully saturated rings. The van der Waals surface area contributed by atoms with E-state index in [1.165, 1.54) is 17.6 Å². The van der Waals surface area contributed by atoms with Gasteiger partial charge >= 0.3 is 6.09 Å². The monoisotopic (exact) mass is 542 g/mol. The first kappa shape index (κ1) is 23.9. The maximum atomic E-state index is 12.5. The molecule has 0 saturated carbocycles. The third-order valence-electron chi connectivity index (χ3n) is 3.83. The van der Waals surface area contributed by atoms with E-state index >= 15 is 0 Å². The molecule has 2 aromatic rings. The number of phenols is 1. The molecule has 2 rings (SSSR count). The molecule has 0 aromatic heterocycles. The van der Waals surface area contributed by atoms with Crippen LogP contribution in [0.3, 0.4) is 0 Å². The number of anilines is 1. The van der Waals surface area contributed by atoms with Gasteiger partial charge in [-0.2, -0.15) is 0 Å². The van der Waals surface area contributed by atoms with Gasteiger partial charge < -0.3 is 14.6 Å². The Morgan fingerprint density at radius 3 is 2.43 bits per heavy atom. The zero-order valence-electron chi connectivity index (χ0n) is 15.8. The Balaban J connectivity index is 2.34. The largest absolute Gasteiger partial charge is 0.508 e. The van der Waals surface area contributed by atoms with Crippen molar-refractivity contribution in [1.29, 1.82) is 0 Å². The molecule has 0 aliphatic rings. The highest BCUT2D eigenvalue weighted by molar-refractivity contribution is 9.10. The van der Waals surface area contributed by atoms with Crippen molar-refractivity contribution in [2.24, 2.45) is 0 Å². The smallest absolute Gasteiger partial charge is 0.412 e. The van der Waals surface area contributed by atoms with Gasteiger partial charge in [0.2, 0.25) is 0 Å². The predicted octanol–water partition coefficient (Wildman–Crippen LogP) is 4.67. The van der Waals surface area contributed by atoms with Gasteiger partial charge in [0, 0.05) is 32.9 Å². The summed E-state index contributed by atoms with van der Waals surface area (Å²) in [7, 11) is 0. The van der Waals surface area contributed by atoms with Crippen LogP contribution in [-0.4, -0.2) is 35.0 Å². The minimum Gasteiger partial charge on any atom is -0.508 e. The van der Waals surface area contributed by atoms with Crippen LogP contribution in [0.25, 0.3) is 0 Å². The summed E-state index contributed by atoms with van der Waals surface area (Å²) in [4.78, 5) is 24.0. The van der Waals surface area contributed by atoms with Crippen LogP contribution in [-0.2, 0) is 14.3 Å². The third kappa shape index (κ3) is 7.13. The summed E-state index contributed by atoms with van der Waals surface area (Å²) in [6.45, 7) is 1.96. The minimum atomic E-state index is -1.10. The second-order valence-electron chi connectivity index (χ2n) is 5.92. The summed E-state index contributed by atoms with van der Waals surface area (Å²) < 4.78 is 12.7. The fraction of sp³-hybridized carbons (Fsp3) is 0.200. The molecule has 0 aliphatic carbocycles. The number of halogens is 2. The summed E-state index contributed by atoms with van der Waals surface area (Å²) in [5.41, 5.74) is 2.25. The quantitative estimate of drug-likeness (QED) is 0.218. The first-order valence-corrected chi connectivity index (χ1v) is 10.4. The Bertz CT molecular complexity index is 905. The molecule has 0 heterocycles. The molecule has 8 nitrogen and oxygen atoms in total. The molecular weight excluding hydrogens is 524 g/mol. The first-order chi connectivity index (χ1) is 14.3. The number of carbonyl (C=O) groups is 2.